The normalized spacial score (nSPS) is 10.9. The van der Waals surface area contributed by atoms with Gasteiger partial charge in [-0.15, -0.1) is 0 Å². The van der Waals surface area contributed by atoms with Gasteiger partial charge in [0.25, 0.3) is 0 Å². The van der Waals surface area contributed by atoms with Gasteiger partial charge in [0.05, 0.1) is 0 Å². The molecule has 0 amide bonds. The Kier molecular flexibility index (Phi) is 12.8. The van der Waals surface area contributed by atoms with E-state index in [1.807, 2.05) is 182 Å². The summed E-state index contributed by atoms with van der Waals surface area (Å²) < 4.78 is 27.6. The summed E-state index contributed by atoms with van der Waals surface area (Å²) in [4.78, 5) is 0. The Morgan fingerprint density at radius 3 is 0.535 bits per heavy atom. The maximum atomic E-state index is 13.8. The molecule has 43 heavy (non-hydrogen) atoms. The molecule has 0 spiro atoms. The van der Waals surface area contributed by atoms with Crippen LogP contribution in [0.1, 0.15) is 0 Å². The van der Waals surface area contributed by atoms with Crippen molar-refractivity contribution in [2.24, 2.45) is 0 Å². The van der Waals surface area contributed by atoms with E-state index in [0.29, 0.717) is 0 Å². The van der Waals surface area contributed by atoms with Gasteiger partial charge in [0.15, 0.2) is 14.3 Å². The minimum atomic E-state index is -2.78. The predicted molar refractivity (Wildman–Crippen MR) is 183 cm³/mol. The molecule has 0 aromatic heterocycles. The second-order valence-electron chi connectivity index (χ2n) is 9.28. The summed E-state index contributed by atoms with van der Waals surface area (Å²) in [5.41, 5.74) is 0. The summed E-state index contributed by atoms with van der Waals surface area (Å²) in [6.45, 7) is 0. The minimum absolute atomic E-state index is 0.106. The van der Waals surface area contributed by atoms with Crippen LogP contribution in [0.25, 0.3) is 0 Å². The van der Waals surface area contributed by atoms with Crippen LogP contribution >= 0.6 is 33.3 Å². The monoisotopic (exact) mass is 732 g/mol. The summed E-state index contributed by atoms with van der Waals surface area (Å²) in [5.74, 6) is 0. The van der Waals surface area contributed by atoms with E-state index in [9.17, 15) is 9.13 Å². The Bertz CT molecular complexity index is 1400. The Balaban J connectivity index is 0.000000181. The third-order valence-electron chi connectivity index (χ3n) is 6.72. The summed E-state index contributed by atoms with van der Waals surface area (Å²) in [6.07, 6.45) is 0. The van der Waals surface area contributed by atoms with Gasteiger partial charge in [-0.2, -0.15) is 0 Å². The fourth-order valence-electron chi connectivity index (χ4n) is 4.72. The molecule has 220 valence electrons. The van der Waals surface area contributed by atoms with E-state index < -0.39 is 14.3 Å². The number of rotatable bonds is 6. The van der Waals surface area contributed by atoms with Crippen molar-refractivity contribution in [3.05, 3.63) is 182 Å². The topological polar surface area (TPSA) is 34.1 Å². The fourth-order valence-corrected chi connectivity index (χ4v) is 10.1. The Morgan fingerprint density at radius 1 is 0.302 bits per heavy atom. The first-order chi connectivity index (χ1) is 21.0. The molecular weight excluding hydrogens is 704 g/mol. The number of hydrogen-bond donors (Lipinski definition) is 0. The van der Waals surface area contributed by atoms with Crippen molar-refractivity contribution in [2.75, 3.05) is 0 Å². The van der Waals surface area contributed by atoms with E-state index in [4.69, 9.17) is 19.1 Å². The van der Waals surface area contributed by atoms with Crippen molar-refractivity contribution in [2.45, 2.75) is 0 Å². The van der Waals surface area contributed by atoms with Gasteiger partial charge in [0.1, 0.15) is 0 Å². The van der Waals surface area contributed by atoms with Gasteiger partial charge in [0, 0.05) is 31.8 Å². The zero-order valence-corrected chi connectivity index (χ0v) is 28.0. The van der Waals surface area contributed by atoms with E-state index >= 15 is 0 Å². The van der Waals surface area contributed by atoms with Gasteiger partial charge in [-0.1, -0.05) is 182 Å². The van der Waals surface area contributed by atoms with E-state index in [1.54, 1.807) is 0 Å². The molecule has 6 aromatic rings. The van der Waals surface area contributed by atoms with Crippen molar-refractivity contribution in [3.8, 4) is 0 Å². The van der Waals surface area contributed by atoms with Crippen LogP contribution in [0.3, 0.4) is 0 Å². The average molecular weight is 734 g/mol. The molecule has 0 aliphatic carbocycles. The zero-order valence-electron chi connectivity index (χ0n) is 23.1. The van der Waals surface area contributed by atoms with Crippen LogP contribution in [0.2, 0.25) is 0 Å². The van der Waals surface area contributed by atoms with Gasteiger partial charge in [0.2, 0.25) is 0 Å². The van der Waals surface area contributed by atoms with Crippen molar-refractivity contribution >= 4 is 65.2 Å². The molecule has 0 aliphatic heterocycles. The van der Waals surface area contributed by atoms with Gasteiger partial charge >= 0.3 is 35.0 Å². The molecule has 0 saturated heterocycles. The van der Waals surface area contributed by atoms with Crippen molar-refractivity contribution in [1.29, 1.82) is 0 Å². The zero-order chi connectivity index (χ0) is 30.4. The quantitative estimate of drug-likeness (QED) is 0.128. The first-order valence-electron chi connectivity index (χ1n) is 13.4. The molecule has 0 aliphatic rings. The van der Waals surface area contributed by atoms with Crippen molar-refractivity contribution in [3.63, 3.8) is 0 Å². The molecule has 0 heterocycles. The third kappa shape index (κ3) is 8.15. The Labute approximate surface area is 270 Å². The molecule has 6 aromatic carbocycles. The average Bonchev–Trinajstić information content (AvgIpc) is 3.10. The second kappa shape index (κ2) is 16.8. The summed E-state index contributed by atoms with van der Waals surface area (Å²) >= 11 is -0.106. The van der Waals surface area contributed by atoms with Crippen LogP contribution in [0, 0.1) is 0 Å². The van der Waals surface area contributed by atoms with Crippen LogP contribution in [-0.4, -0.2) is 0 Å². The van der Waals surface area contributed by atoms with E-state index in [2.05, 4.69) is 0 Å². The first kappa shape index (κ1) is 32.9. The van der Waals surface area contributed by atoms with Crippen LogP contribution in [-0.2, 0) is 25.1 Å². The Morgan fingerprint density at radius 2 is 0.419 bits per heavy atom. The molecule has 0 saturated carbocycles. The van der Waals surface area contributed by atoms with Gasteiger partial charge < -0.3 is 9.13 Å². The third-order valence-corrected chi connectivity index (χ3v) is 12.9. The molecule has 0 fully saturated rings. The maximum absolute atomic E-state index is 13.8. The first-order valence-corrected chi connectivity index (χ1v) is 20.8. The predicted octanol–water partition coefficient (Wildman–Crippen LogP) is 8.03. The molecular formula is C36H30Cl2O2P2Pd. The molecule has 0 N–H and O–H groups in total. The van der Waals surface area contributed by atoms with E-state index in [1.165, 1.54) is 0 Å². The van der Waals surface area contributed by atoms with Gasteiger partial charge in [-0.05, 0) is 0 Å². The summed E-state index contributed by atoms with van der Waals surface area (Å²) in [5, 5.41) is 5.24. The SMILES string of the molecule is O=P(c1ccccc1)(c1ccccc1)c1ccccc1.O=P(c1ccccc1)(c1ccccc1)c1ccccc1.[Cl][Pd][Cl]. The number of hydrogen-bond acceptors (Lipinski definition) is 2. The molecule has 0 bridgehead atoms. The van der Waals surface area contributed by atoms with Crippen LogP contribution in [0.5, 0.6) is 0 Å². The van der Waals surface area contributed by atoms with Crippen LogP contribution in [0.15, 0.2) is 182 Å². The second-order valence-corrected chi connectivity index (χ2v) is 17.2. The molecule has 0 unspecified atom stereocenters. The molecule has 0 atom stereocenters. The number of benzene rings is 6. The van der Waals surface area contributed by atoms with Crippen molar-refractivity contribution in [1.82, 2.24) is 0 Å². The number of halogens is 2. The summed E-state index contributed by atoms with van der Waals surface area (Å²) in [6, 6.07) is 58.3. The van der Waals surface area contributed by atoms with E-state index in [0.717, 1.165) is 31.8 Å². The van der Waals surface area contributed by atoms with Crippen LogP contribution in [0.4, 0.5) is 0 Å². The molecule has 2 nitrogen and oxygen atoms in total. The summed E-state index contributed by atoms with van der Waals surface area (Å²) in [7, 11) is 4.07. The van der Waals surface area contributed by atoms with Crippen LogP contribution < -0.4 is 31.8 Å². The fraction of sp³-hybridized carbons (Fsp3) is 0. The standard InChI is InChI=1S/2C18H15OP.2ClH.Pd/c2*19-20(16-10-4-1-5-11-16,17-12-6-2-7-13-17)18-14-8-3-9-15-18;;;/h2*1-15H;2*1H;/q;;;;+2/p-2. The van der Waals surface area contributed by atoms with E-state index in [-0.39, 0.29) is 15.9 Å². The van der Waals surface area contributed by atoms with Gasteiger partial charge in [-0.25, -0.2) is 0 Å². The Hall–Kier alpha value is -2.98. The molecule has 6 rings (SSSR count). The van der Waals surface area contributed by atoms with Crippen molar-refractivity contribution < 1.29 is 25.1 Å². The molecule has 7 heteroatoms. The molecule has 0 radical (unpaired) electrons. The van der Waals surface area contributed by atoms with Gasteiger partial charge in [-0.3, -0.25) is 0 Å².